The van der Waals surface area contributed by atoms with E-state index < -0.39 is 5.97 Å². The van der Waals surface area contributed by atoms with Gasteiger partial charge < -0.3 is 19.3 Å². The van der Waals surface area contributed by atoms with Crippen molar-refractivity contribution in [3.05, 3.63) is 100 Å². The molecular formula is C35H35NO6. The van der Waals surface area contributed by atoms with Crippen molar-refractivity contribution in [3.63, 3.8) is 0 Å². The predicted molar refractivity (Wildman–Crippen MR) is 163 cm³/mol. The molecule has 1 aromatic heterocycles. The maximum absolute atomic E-state index is 12.6. The van der Waals surface area contributed by atoms with Gasteiger partial charge in [-0.05, 0) is 82.8 Å². The number of allylic oxidation sites excluding steroid dienone is 1. The largest absolute Gasteiger partial charge is 0.493 e. The molecule has 7 heteroatoms. The third kappa shape index (κ3) is 5.86. The fraction of sp³-hybridized carbons (Fsp3) is 0.286. The third-order valence-electron chi connectivity index (χ3n) is 7.95. The lowest BCUT2D eigenvalue weighted by atomic mass is 9.69. The number of esters is 1. The quantitative estimate of drug-likeness (QED) is 0.233. The van der Waals surface area contributed by atoms with Crippen LogP contribution < -0.4 is 9.47 Å². The van der Waals surface area contributed by atoms with Gasteiger partial charge in [0.25, 0.3) is 0 Å². The van der Waals surface area contributed by atoms with E-state index in [1.54, 1.807) is 19.2 Å². The van der Waals surface area contributed by atoms with Gasteiger partial charge in [-0.1, -0.05) is 57.2 Å². The average molecular weight is 566 g/mol. The van der Waals surface area contributed by atoms with Crippen LogP contribution in [0.1, 0.15) is 70.3 Å². The van der Waals surface area contributed by atoms with Gasteiger partial charge in [0.1, 0.15) is 6.61 Å². The van der Waals surface area contributed by atoms with Gasteiger partial charge in [0.15, 0.2) is 11.5 Å². The second-order valence-corrected chi connectivity index (χ2v) is 11.7. The molecule has 3 aromatic carbocycles. The number of rotatable bonds is 7. The van der Waals surface area contributed by atoms with Crippen molar-refractivity contribution in [1.29, 1.82) is 0 Å². The van der Waals surface area contributed by atoms with Crippen LogP contribution in [0.25, 0.3) is 22.6 Å². The molecule has 7 nitrogen and oxygen atoms in total. The molecule has 5 rings (SSSR count). The molecular weight excluding hydrogens is 530 g/mol. The standard InChI is InChI=1S/C35H35NO6/c1-35(2,3)25-18-24(32-27(19-25)31(33(37)38)26-8-6-7-9-28(26)36-32)16-22-12-15-29(30(17-22)40-4)42-20-21-10-13-23(14-11-21)34(39)41-5/h6-17,25H,18-20H2,1-5H3,(H,37,38)/b24-16-. The summed E-state index contributed by atoms with van der Waals surface area (Å²) in [6.45, 7) is 6.90. The van der Waals surface area contributed by atoms with Gasteiger partial charge in [-0.3, -0.25) is 0 Å². The lowest BCUT2D eigenvalue weighted by molar-refractivity contribution is 0.0599. The van der Waals surface area contributed by atoms with E-state index >= 15 is 0 Å². The first-order valence-corrected chi connectivity index (χ1v) is 13.9. The van der Waals surface area contributed by atoms with E-state index in [0.29, 0.717) is 46.6 Å². The summed E-state index contributed by atoms with van der Waals surface area (Å²) in [4.78, 5) is 29.2. The average Bonchev–Trinajstić information content (AvgIpc) is 2.98. The SMILES string of the molecule is COC(=O)c1ccc(COc2ccc(/C=C3/CC(C(C)(C)C)Cc4c3nc3ccccc3c4C(=O)O)cc2OC)cc1. The Morgan fingerprint density at radius 2 is 1.71 bits per heavy atom. The van der Waals surface area contributed by atoms with Gasteiger partial charge in [0.05, 0.1) is 36.6 Å². The number of fused-ring (bicyclic) bond motifs is 2. The van der Waals surface area contributed by atoms with Crippen LogP contribution in [-0.4, -0.2) is 36.2 Å². The molecule has 0 aliphatic heterocycles. The predicted octanol–water partition coefficient (Wildman–Crippen LogP) is 7.46. The highest BCUT2D eigenvalue weighted by molar-refractivity contribution is 6.06. The molecule has 1 aliphatic carbocycles. The Labute approximate surface area is 245 Å². The number of carbonyl (C=O) groups is 2. The van der Waals surface area contributed by atoms with E-state index in [1.165, 1.54) is 7.11 Å². The summed E-state index contributed by atoms with van der Waals surface area (Å²) >= 11 is 0. The molecule has 1 heterocycles. The Kier molecular flexibility index (Phi) is 8.03. The molecule has 0 saturated carbocycles. The van der Waals surface area contributed by atoms with Crippen molar-refractivity contribution in [1.82, 2.24) is 4.98 Å². The Morgan fingerprint density at radius 1 is 0.976 bits per heavy atom. The Bertz CT molecular complexity index is 1680. The van der Waals surface area contributed by atoms with E-state index in [2.05, 4.69) is 26.8 Å². The molecule has 0 bridgehead atoms. The Hall–Kier alpha value is -4.65. The zero-order chi connectivity index (χ0) is 30.0. The summed E-state index contributed by atoms with van der Waals surface area (Å²) in [7, 11) is 2.95. The van der Waals surface area contributed by atoms with Crippen LogP contribution in [0.3, 0.4) is 0 Å². The van der Waals surface area contributed by atoms with Crippen LogP contribution in [0.4, 0.5) is 0 Å². The molecule has 0 fully saturated rings. The summed E-state index contributed by atoms with van der Waals surface area (Å²) in [6, 6.07) is 20.3. The van der Waals surface area contributed by atoms with Gasteiger partial charge in [-0.2, -0.15) is 0 Å². The van der Waals surface area contributed by atoms with E-state index in [4.69, 9.17) is 19.2 Å². The number of carboxylic acids is 1. The number of aromatic carboxylic acids is 1. The number of para-hydroxylation sites is 1. The van der Waals surface area contributed by atoms with Crippen molar-refractivity contribution in [2.24, 2.45) is 11.3 Å². The molecule has 0 amide bonds. The minimum absolute atomic E-state index is 0.0252. The van der Waals surface area contributed by atoms with Crippen molar-refractivity contribution in [2.75, 3.05) is 14.2 Å². The van der Waals surface area contributed by atoms with Gasteiger partial charge in [-0.25, -0.2) is 14.6 Å². The molecule has 42 heavy (non-hydrogen) atoms. The van der Waals surface area contributed by atoms with Gasteiger partial charge in [0.2, 0.25) is 0 Å². The summed E-state index contributed by atoms with van der Waals surface area (Å²) in [5.74, 6) is 0.0994. The van der Waals surface area contributed by atoms with Crippen molar-refractivity contribution >= 4 is 34.5 Å². The minimum Gasteiger partial charge on any atom is -0.493 e. The highest BCUT2D eigenvalue weighted by Crippen LogP contribution is 2.45. The van der Waals surface area contributed by atoms with E-state index in [9.17, 15) is 14.7 Å². The van der Waals surface area contributed by atoms with E-state index in [1.807, 2.05) is 54.6 Å². The zero-order valence-corrected chi connectivity index (χ0v) is 24.6. The highest BCUT2D eigenvalue weighted by Gasteiger charge is 2.35. The molecule has 1 N–H and O–H groups in total. The normalized spacial score (nSPS) is 15.7. The molecule has 0 saturated heterocycles. The number of pyridine rings is 1. The molecule has 1 unspecified atom stereocenters. The molecule has 0 radical (unpaired) electrons. The number of hydrogen-bond donors (Lipinski definition) is 1. The molecule has 0 spiro atoms. The second kappa shape index (κ2) is 11.7. The summed E-state index contributed by atoms with van der Waals surface area (Å²) in [5.41, 5.74) is 5.83. The maximum atomic E-state index is 12.6. The van der Waals surface area contributed by atoms with Crippen LogP contribution in [0.15, 0.2) is 66.7 Å². The second-order valence-electron chi connectivity index (χ2n) is 11.7. The monoisotopic (exact) mass is 565 g/mol. The minimum atomic E-state index is -0.929. The van der Waals surface area contributed by atoms with E-state index in [0.717, 1.165) is 34.4 Å². The lowest BCUT2D eigenvalue weighted by Crippen LogP contribution is -2.28. The van der Waals surface area contributed by atoms with Crippen molar-refractivity contribution < 1.29 is 28.9 Å². The van der Waals surface area contributed by atoms with Crippen molar-refractivity contribution in [2.45, 2.75) is 40.2 Å². The first-order valence-electron chi connectivity index (χ1n) is 13.9. The van der Waals surface area contributed by atoms with Gasteiger partial charge >= 0.3 is 11.9 Å². The smallest absolute Gasteiger partial charge is 0.337 e. The Morgan fingerprint density at radius 3 is 2.38 bits per heavy atom. The zero-order valence-electron chi connectivity index (χ0n) is 24.6. The molecule has 1 atom stereocenters. The molecule has 4 aromatic rings. The Balaban J connectivity index is 1.50. The molecule has 216 valence electrons. The maximum Gasteiger partial charge on any atom is 0.337 e. The highest BCUT2D eigenvalue weighted by atomic mass is 16.5. The number of benzene rings is 3. The van der Waals surface area contributed by atoms with Crippen LogP contribution in [0, 0.1) is 11.3 Å². The summed E-state index contributed by atoms with van der Waals surface area (Å²) in [6.07, 6.45) is 3.53. The third-order valence-corrected chi connectivity index (χ3v) is 7.95. The number of aromatic nitrogens is 1. The number of methoxy groups -OCH3 is 2. The number of hydrogen-bond acceptors (Lipinski definition) is 6. The molecule has 1 aliphatic rings. The summed E-state index contributed by atoms with van der Waals surface area (Å²) in [5, 5.41) is 11.0. The van der Waals surface area contributed by atoms with Crippen LogP contribution in [0.2, 0.25) is 0 Å². The topological polar surface area (TPSA) is 95.0 Å². The number of carboxylic acid groups (broad SMARTS) is 1. The number of ether oxygens (including phenoxy) is 3. The van der Waals surface area contributed by atoms with Crippen LogP contribution in [-0.2, 0) is 17.8 Å². The van der Waals surface area contributed by atoms with Gasteiger partial charge in [-0.15, -0.1) is 0 Å². The lowest BCUT2D eigenvalue weighted by Gasteiger charge is -2.36. The first-order chi connectivity index (χ1) is 20.1. The fourth-order valence-corrected chi connectivity index (χ4v) is 5.49. The fourth-order valence-electron chi connectivity index (χ4n) is 5.49. The first kappa shape index (κ1) is 28.9. The number of carbonyl (C=O) groups excluding carboxylic acids is 1. The van der Waals surface area contributed by atoms with E-state index in [-0.39, 0.29) is 17.3 Å². The van der Waals surface area contributed by atoms with Gasteiger partial charge in [0, 0.05) is 5.39 Å². The van der Waals surface area contributed by atoms with Crippen LogP contribution >= 0.6 is 0 Å². The van der Waals surface area contributed by atoms with Crippen molar-refractivity contribution in [3.8, 4) is 11.5 Å². The summed E-state index contributed by atoms with van der Waals surface area (Å²) < 4.78 is 16.5. The van der Waals surface area contributed by atoms with Crippen LogP contribution in [0.5, 0.6) is 11.5 Å². The number of nitrogens with zero attached hydrogens (tertiary/aromatic N) is 1.